The van der Waals surface area contributed by atoms with Gasteiger partial charge in [0.2, 0.25) is 5.91 Å². The van der Waals surface area contributed by atoms with Crippen molar-refractivity contribution in [3.05, 3.63) is 49.1 Å². The number of hydrogen-bond donors (Lipinski definition) is 2. The molecule has 23 heavy (non-hydrogen) atoms. The van der Waals surface area contributed by atoms with Crippen LogP contribution in [0, 0.1) is 0 Å². The van der Waals surface area contributed by atoms with Crippen LogP contribution in [0.1, 0.15) is 0 Å². The summed E-state index contributed by atoms with van der Waals surface area (Å²) in [5.74, 6) is 1.20. The second-order valence-corrected chi connectivity index (χ2v) is 4.71. The maximum atomic E-state index is 11.7. The van der Waals surface area contributed by atoms with Gasteiger partial charge >= 0.3 is 0 Å². The number of anilines is 1. The van der Waals surface area contributed by atoms with Gasteiger partial charge in [-0.3, -0.25) is 9.48 Å². The lowest BCUT2D eigenvalue weighted by Gasteiger charge is -2.07. The van der Waals surface area contributed by atoms with Crippen molar-refractivity contribution in [3.63, 3.8) is 0 Å². The average Bonchev–Trinajstić information content (AvgIpc) is 3.26. The molecule has 9 nitrogen and oxygen atoms in total. The largest absolute Gasteiger partial charge is 0.367 e. The van der Waals surface area contributed by atoms with Gasteiger partial charge in [-0.05, 0) is 24.3 Å². The van der Waals surface area contributed by atoms with Crippen LogP contribution < -0.4 is 10.6 Å². The number of aromatic nitrogens is 6. The minimum absolute atomic E-state index is 0.0874. The van der Waals surface area contributed by atoms with Crippen LogP contribution in [-0.2, 0) is 11.3 Å². The number of amides is 1. The Balaban J connectivity index is 1.39. The van der Waals surface area contributed by atoms with E-state index < -0.39 is 0 Å². The molecule has 1 amide bonds. The van der Waals surface area contributed by atoms with E-state index in [-0.39, 0.29) is 12.5 Å². The van der Waals surface area contributed by atoms with Crippen molar-refractivity contribution in [2.45, 2.75) is 6.54 Å². The Morgan fingerprint density at radius 3 is 2.61 bits per heavy atom. The maximum Gasteiger partial charge on any atom is 0.241 e. The van der Waals surface area contributed by atoms with Gasteiger partial charge in [0.1, 0.15) is 12.4 Å². The fraction of sp³-hybridized carbons (Fsp3) is 0.214. The van der Waals surface area contributed by atoms with E-state index in [2.05, 4.69) is 31.0 Å². The quantitative estimate of drug-likeness (QED) is 0.599. The van der Waals surface area contributed by atoms with Gasteiger partial charge in [0.25, 0.3) is 0 Å². The zero-order valence-corrected chi connectivity index (χ0v) is 12.3. The van der Waals surface area contributed by atoms with Crippen molar-refractivity contribution < 1.29 is 4.79 Å². The number of nitrogens with zero attached hydrogens (tertiary/aromatic N) is 6. The molecule has 0 saturated heterocycles. The predicted octanol–water partition coefficient (Wildman–Crippen LogP) is 0.0871. The average molecular weight is 312 g/mol. The van der Waals surface area contributed by atoms with Crippen molar-refractivity contribution in [2.75, 3.05) is 18.4 Å². The van der Waals surface area contributed by atoms with Crippen molar-refractivity contribution in [1.29, 1.82) is 0 Å². The fourth-order valence-electron chi connectivity index (χ4n) is 1.94. The lowest BCUT2D eigenvalue weighted by molar-refractivity contribution is -0.121. The van der Waals surface area contributed by atoms with Crippen LogP contribution in [0.5, 0.6) is 0 Å². The van der Waals surface area contributed by atoms with E-state index in [1.165, 1.54) is 0 Å². The molecule has 0 atom stereocenters. The molecule has 0 aromatic carbocycles. The Morgan fingerprint density at radius 2 is 1.91 bits per heavy atom. The molecule has 0 saturated carbocycles. The molecule has 118 valence electrons. The molecular weight excluding hydrogens is 296 g/mol. The smallest absolute Gasteiger partial charge is 0.241 e. The van der Waals surface area contributed by atoms with Gasteiger partial charge in [0, 0.05) is 37.9 Å². The van der Waals surface area contributed by atoms with E-state index in [9.17, 15) is 4.79 Å². The minimum atomic E-state index is -0.0874. The molecule has 3 rings (SSSR count). The first-order valence-corrected chi connectivity index (χ1v) is 7.13. The standard InChI is InChI=1S/C14H16N8O/c23-14(11-21-9-1-5-17-21)16-8-7-15-12-3-4-13(20-19-12)22-10-2-6-18-22/h1-6,9-10H,7-8,11H2,(H,15,19)(H,16,23). The molecule has 0 spiro atoms. The summed E-state index contributed by atoms with van der Waals surface area (Å²) in [6.45, 7) is 1.26. The third kappa shape index (κ3) is 4.13. The molecule has 9 heteroatoms. The van der Waals surface area contributed by atoms with Crippen molar-refractivity contribution in [1.82, 2.24) is 35.1 Å². The summed E-state index contributed by atoms with van der Waals surface area (Å²) in [6, 6.07) is 7.23. The second kappa shape index (κ2) is 7.16. The van der Waals surface area contributed by atoms with Crippen LogP contribution in [0.25, 0.3) is 5.82 Å². The zero-order chi connectivity index (χ0) is 15.9. The highest BCUT2D eigenvalue weighted by atomic mass is 16.2. The Bertz CT molecular complexity index is 721. The third-order valence-electron chi connectivity index (χ3n) is 3.01. The highest BCUT2D eigenvalue weighted by molar-refractivity contribution is 5.75. The summed E-state index contributed by atoms with van der Waals surface area (Å²) < 4.78 is 3.20. The fourth-order valence-corrected chi connectivity index (χ4v) is 1.94. The third-order valence-corrected chi connectivity index (χ3v) is 3.01. The van der Waals surface area contributed by atoms with Gasteiger partial charge in [-0.2, -0.15) is 10.2 Å². The van der Waals surface area contributed by atoms with E-state index in [1.54, 1.807) is 40.2 Å². The SMILES string of the molecule is O=C(Cn1cccn1)NCCNc1ccc(-n2cccn2)nn1. The van der Waals surface area contributed by atoms with Crippen molar-refractivity contribution in [3.8, 4) is 5.82 Å². The van der Waals surface area contributed by atoms with Gasteiger partial charge in [-0.15, -0.1) is 10.2 Å². The predicted molar refractivity (Wildman–Crippen MR) is 82.9 cm³/mol. The summed E-state index contributed by atoms with van der Waals surface area (Å²) in [5, 5.41) is 22.1. The Morgan fingerprint density at radius 1 is 1.04 bits per heavy atom. The molecule has 0 aliphatic heterocycles. The molecule has 0 bridgehead atoms. The van der Waals surface area contributed by atoms with Crippen LogP contribution in [0.3, 0.4) is 0 Å². The summed E-state index contributed by atoms with van der Waals surface area (Å²) in [4.78, 5) is 11.7. The van der Waals surface area contributed by atoms with Crippen molar-refractivity contribution in [2.24, 2.45) is 0 Å². The molecule has 3 aromatic rings. The van der Waals surface area contributed by atoms with Gasteiger partial charge < -0.3 is 10.6 Å². The monoisotopic (exact) mass is 312 g/mol. The zero-order valence-electron chi connectivity index (χ0n) is 12.3. The summed E-state index contributed by atoms with van der Waals surface area (Å²) in [6.07, 6.45) is 6.86. The van der Waals surface area contributed by atoms with Crippen LogP contribution in [0.15, 0.2) is 49.1 Å². The first-order valence-electron chi connectivity index (χ1n) is 7.13. The van der Waals surface area contributed by atoms with Gasteiger partial charge in [-0.1, -0.05) is 0 Å². The maximum absolute atomic E-state index is 11.7. The number of rotatable bonds is 7. The lowest BCUT2D eigenvalue weighted by Crippen LogP contribution is -2.31. The molecule has 3 heterocycles. The summed E-state index contributed by atoms with van der Waals surface area (Å²) >= 11 is 0. The molecule has 0 fully saturated rings. The second-order valence-electron chi connectivity index (χ2n) is 4.71. The van der Waals surface area contributed by atoms with E-state index in [1.807, 2.05) is 18.2 Å². The molecular formula is C14H16N8O. The van der Waals surface area contributed by atoms with Crippen LogP contribution in [0.2, 0.25) is 0 Å². The molecule has 0 aliphatic carbocycles. The highest BCUT2D eigenvalue weighted by Gasteiger charge is 2.02. The molecule has 0 unspecified atom stereocenters. The number of hydrogen-bond acceptors (Lipinski definition) is 6. The van der Waals surface area contributed by atoms with Crippen LogP contribution in [-0.4, -0.2) is 48.8 Å². The van der Waals surface area contributed by atoms with Crippen LogP contribution in [0.4, 0.5) is 5.82 Å². The Labute approximate surface area is 132 Å². The number of nitrogens with one attached hydrogen (secondary N) is 2. The van der Waals surface area contributed by atoms with Gasteiger partial charge in [-0.25, -0.2) is 4.68 Å². The summed E-state index contributed by atoms with van der Waals surface area (Å²) in [5.41, 5.74) is 0. The molecule has 2 N–H and O–H groups in total. The van der Waals surface area contributed by atoms with E-state index in [0.717, 1.165) is 0 Å². The first-order chi connectivity index (χ1) is 11.3. The molecule has 0 aliphatic rings. The Kier molecular flexibility index (Phi) is 4.58. The van der Waals surface area contributed by atoms with E-state index in [0.29, 0.717) is 24.7 Å². The van der Waals surface area contributed by atoms with E-state index >= 15 is 0 Å². The molecule has 3 aromatic heterocycles. The normalized spacial score (nSPS) is 10.4. The number of carbonyl (C=O) groups is 1. The van der Waals surface area contributed by atoms with Gasteiger partial charge in [0.15, 0.2) is 5.82 Å². The van der Waals surface area contributed by atoms with E-state index in [4.69, 9.17) is 0 Å². The number of carbonyl (C=O) groups excluding carboxylic acids is 1. The first kappa shape index (κ1) is 14.7. The topological polar surface area (TPSA) is 103 Å². The lowest BCUT2D eigenvalue weighted by atomic mass is 10.4. The van der Waals surface area contributed by atoms with Crippen LogP contribution >= 0.6 is 0 Å². The summed E-state index contributed by atoms with van der Waals surface area (Å²) in [7, 11) is 0. The highest BCUT2D eigenvalue weighted by Crippen LogP contribution is 2.04. The molecule has 0 radical (unpaired) electrons. The van der Waals surface area contributed by atoms with Crippen molar-refractivity contribution >= 4 is 11.7 Å². The Hall–Kier alpha value is -3.23. The van der Waals surface area contributed by atoms with Gasteiger partial charge in [0.05, 0.1) is 0 Å². The minimum Gasteiger partial charge on any atom is -0.367 e.